The summed E-state index contributed by atoms with van der Waals surface area (Å²) in [5, 5.41) is 24.9. The SMILES string of the molecule is CCc1cccc(CC)c1-c1cc(C)c(C(O)(O)NC(C=C(N)C2CC2)=NC)c(CC(C)Cl)n1. The van der Waals surface area contributed by atoms with E-state index >= 15 is 0 Å². The van der Waals surface area contributed by atoms with Crippen LogP contribution in [-0.4, -0.2) is 33.5 Å². The third-order valence-electron chi connectivity index (χ3n) is 6.27. The second-order valence-electron chi connectivity index (χ2n) is 9.11. The van der Waals surface area contributed by atoms with E-state index in [0.717, 1.165) is 36.9 Å². The highest BCUT2D eigenvalue weighted by atomic mass is 35.5. The number of nitrogens with one attached hydrogen (secondary N) is 1. The van der Waals surface area contributed by atoms with E-state index in [1.54, 1.807) is 13.1 Å². The van der Waals surface area contributed by atoms with Gasteiger partial charge >= 0.3 is 0 Å². The normalized spacial score (nSPS) is 16.0. The molecule has 1 unspecified atom stereocenters. The first kappa shape index (κ1) is 26.2. The van der Waals surface area contributed by atoms with E-state index in [4.69, 9.17) is 22.3 Å². The van der Waals surface area contributed by atoms with Crippen LogP contribution in [0.5, 0.6) is 0 Å². The molecule has 2 aromatic rings. The summed E-state index contributed by atoms with van der Waals surface area (Å²) in [7, 11) is 1.58. The number of rotatable bonds is 9. The Kier molecular flexibility index (Phi) is 8.39. The number of aliphatic hydroxyl groups is 2. The number of nitrogens with zero attached hydrogens (tertiary/aromatic N) is 2. The Labute approximate surface area is 208 Å². The average Bonchev–Trinajstić information content (AvgIpc) is 3.62. The summed E-state index contributed by atoms with van der Waals surface area (Å²) in [6.07, 6.45) is 5.90. The molecule has 0 aliphatic heterocycles. The van der Waals surface area contributed by atoms with E-state index in [1.807, 2.05) is 19.9 Å². The molecule has 184 valence electrons. The summed E-state index contributed by atoms with van der Waals surface area (Å²) in [6, 6.07) is 8.24. The first-order valence-corrected chi connectivity index (χ1v) is 12.5. The second-order valence-corrected chi connectivity index (χ2v) is 9.86. The quantitative estimate of drug-likeness (QED) is 0.184. The van der Waals surface area contributed by atoms with Gasteiger partial charge in [-0.1, -0.05) is 32.0 Å². The van der Waals surface area contributed by atoms with Gasteiger partial charge in [0.15, 0.2) is 0 Å². The Morgan fingerprint density at radius 2 is 1.91 bits per heavy atom. The van der Waals surface area contributed by atoms with Crippen LogP contribution < -0.4 is 11.1 Å². The predicted molar refractivity (Wildman–Crippen MR) is 140 cm³/mol. The summed E-state index contributed by atoms with van der Waals surface area (Å²) >= 11 is 6.37. The van der Waals surface area contributed by atoms with Crippen LogP contribution in [0.2, 0.25) is 0 Å². The molecule has 5 N–H and O–H groups in total. The largest absolute Gasteiger partial charge is 0.402 e. The van der Waals surface area contributed by atoms with Gasteiger partial charge < -0.3 is 21.3 Å². The fourth-order valence-corrected chi connectivity index (χ4v) is 4.56. The van der Waals surface area contributed by atoms with Crippen LogP contribution in [0.3, 0.4) is 0 Å². The van der Waals surface area contributed by atoms with Crippen LogP contribution in [0.4, 0.5) is 0 Å². The molecule has 1 aliphatic carbocycles. The molecule has 1 aromatic heterocycles. The zero-order valence-electron chi connectivity index (χ0n) is 20.8. The summed E-state index contributed by atoms with van der Waals surface area (Å²) in [5.74, 6) is -1.76. The maximum Gasteiger partial charge on any atom is 0.275 e. The van der Waals surface area contributed by atoms with Crippen molar-refractivity contribution in [2.75, 3.05) is 7.05 Å². The standard InChI is InChI=1S/C27H37ClN4O2/c1-6-18-9-8-10-19(7-2)25(18)22-13-16(3)26(23(31-22)14-17(4)28)27(33,34)32-24(30-5)15-21(29)20-11-12-20/h8-10,13,15,17,20,33-34H,6-7,11-12,14,29H2,1-5H3,(H,30,32). The Balaban J connectivity index is 2.10. The maximum atomic E-state index is 11.2. The number of allylic oxidation sites excluding steroid dienone is 1. The van der Waals surface area contributed by atoms with Crippen LogP contribution in [-0.2, 0) is 25.2 Å². The molecule has 0 bridgehead atoms. The van der Waals surface area contributed by atoms with E-state index in [2.05, 4.69) is 42.4 Å². The lowest BCUT2D eigenvalue weighted by molar-refractivity contribution is -0.182. The number of aryl methyl sites for hydroxylation is 3. The molecule has 0 spiro atoms. The van der Waals surface area contributed by atoms with Crippen molar-refractivity contribution in [1.29, 1.82) is 0 Å². The van der Waals surface area contributed by atoms with Gasteiger partial charge in [-0.2, -0.15) is 0 Å². The lowest BCUT2D eigenvalue weighted by atomic mass is 9.92. The molecule has 1 saturated carbocycles. The zero-order chi connectivity index (χ0) is 25.0. The Bertz CT molecular complexity index is 1070. The third kappa shape index (κ3) is 5.98. The van der Waals surface area contributed by atoms with Gasteiger partial charge in [-0.05, 0) is 74.3 Å². The number of alkyl halides is 1. The predicted octanol–water partition coefficient (Wildman–Crippen LogP) is 4.32. The number of amidine groups is 1. The molecule has 7 heteroatoms. The minimum atomic E-state index is -2.40. The summed E-state index contributed by atoms with van der Waals surface area (Å²) < 4.78 is 0. The van der Waals surface area contributed by atoms with Crippen molar-refractivity contribution in [1.82, 2.24) is 10.3 Å². The molecular weight excluding hydrogens is 448 g/mol. The van der Waals surface area contributed by atoms with Gasteiger partial charge in [-0.3, -0.25) is 9.98 Å². The van der Waals surface area contributed by atoms with Gasteiger partial charge in [-0.15, -0.1) is 11.6 Å². The zero-order valence-corrected chi connectivity index (χ0v) is 21.6. The fraction of sp³-hybridized carbons (Fsp3) is 0.481. The van der Waals surface area contributed by atoms with E-state index in [9.17, 15) is 10.2 Å². The van der Waals surface area contributed by atoms with Crippen LogP contribution in [0.15, 0.2) is 41.0 Å². The fourth-order valence-electron chi connectivity index (χ4n) is 4.42. The third-order valence-corrected chi connectivity index (χ3v) is 6.42. The highest BCUT2D eigenvalue weighted by Crippen LogP contribution is 2.35. The van der Waals surface area contributed by atoms with Gasteiger partial charge in [0.1, 0.15) is 5.84 Å². The van der Waals surface area contributed by atoms with E-state index in [0.29, 0.717) is 35.1 Å². The minimum absolute atomic E-state index is 0.242. The number of aliphatic imine (C=N–C) groups is 1. The van der Waals surface area contributed by atoms with Crippen LogP contribution in [0.1, 0.15) is 61.6 Å². The monoisotopic (exact) mass is 484 g/mol. The second kappa shape index (κ2) is 10.9. The first-order valence-electron chi connectivity index (χ1n) is 12.0. The van der Waals surface area contributed by atoms with Crippen molar-refractivity contribution in [3.63, 3.8) is 0 Å². The average molecular weight is 485 g/mol. The Hall–Kier alpha value is -2.41. The smallest absolute Gasteiger partial charge is 0.275 e. The number of hydrogen-bond donors (Lipinski definition) is 4. The number of pyridine rings is 1. The van der Waals surface area contributed by atoms with E-state index < -0.39 is 5.91 Å². The van der Waals surface area contributed by atoms with Crippen LogP contribution >= 0.6 is 11.6 Å². The van der Waals surface area contributed by atoms with Gasteiger partial charge in [0.25, 0.3) is 5.91 Å². The first-order chi connectivity index (χ1) is 16.1. The van der Waals surface area contributed by atoms with Crippen molar-refractivity contribution in [3.8, 4) is 11.3 Å². The lowest BCUT2D eigenvalue weighted by Gasteiger charge is -2.29. The molecule has 1 heterocycles. The molecule has 3 rings (SSSR count). The van der Waals surface area contributed by atoms with E-state index in [1.165, 1.54) is 11.1 Å². The lowest BCUT2D eigenvalue weighted by Crippen LogP contribution is -2.47. The maximum absolute atomic E-state index is 11.2. The Morgan fingerprint density at radius 1 is 1.29 bits per heavy atom. The Morgan fingerprint density at radius 3 is 2.41 bits per heavy atom. The summed E-state index contributed by atoms with van der Waals surface area (Å²) in [5.41, 5.74) is 12.7. The number of hydrogen-bond acceptors (Lipinski definition) is 5. The van der Waals surface area contributed by atoms with Crippen molar-refractivity contribution in [2.45, 2.75) is 71.1 Å². The van der Waals surface area contributed by atoms with Gasteiger partial charge in [0, 0.05) is 30.1 Å². The number of nitrogens with two attached hydrogens (primary N) is 1. The number of halogens is 1. The van der Waals surface area contributed by atoms with Crippen molar-refractivity contribution in [2.24, 2.45) is 16.6 Å². The topological polar surface area (TPSA) is 104 Å². The number of aromatic nitrogens is 1. The molecule has 1 aliphatic rings. The van der Waals surface area contributed by atoms with Crippen molar-refractivity contribution < 1.29 is 10.2 Å². The van der Waals surface area contributed by atoms with Crippen LogP contribution in [0, 0.1) is 12.8 Å². The molecule has 0 amide bonds. The highest BCUT2D eigenvalue weighted by molar-refractivity contribution is 6.20. The van der Waals surface area contributed by atoms with Crippen LogP contribution in [0.25, 0.3) is 11.3 Å². The van der Waals surface area contributed by atoms with Gasteiger partial charge in [-0.25, -0.2) is 0 Å². The minimum Gasteiger partial charge on any atom is -0.402 e. The molecule has 1 aromatic carbocycles. The molecule has 0 saturated heterocycles. The van der Waals surface area contributed by atoms with Gasteiger partial charge in [0.2, 0.25) is 0 Å². The van der Waals surface area contributed by atoms with Gasteiger partial charge in [0.05, 0.1) is 17.0 Å². The van der Waals surface area contributed by atoms with Crippen molar-refractivity contribution >= 4 is 17.4 Å². The molecule has 1 atom stereocenters. The molecular formula is C27H37ClN4O2. The molecule has 0 radical (unpaired) electrons. The van der Waals surface area contributed by atoms with Crippen molar-refractivity contribution in [3.05, 3.63) is 64.0 Å². The highest BCUT2D eigenvalue weighted by Gasteiger charge is 2.34. The molecule has 1 fully saturated rings. The summed E-state index contributed by atoms with van der Waals surface area (Å²) in [6.45, 7) is 7.99. The molecule has 34 heavy (non-hydrogen) atoms. The van der Waals surface area contributed by atoms with E-state index in [-0.39, 0.29) is 10.9 Å². The summed E-state index contributed by atoms with van der Waals surface area (Å²) in [4.78, 5) is 9.10. The number of benzene rings is 1. The molecule has 6 nitrogen and oxygen atoms in total.